The van der Waals surface area contributed by atoms with Gasteiger partial charge in [-0.2, -0.15) is 0 Å². The molecule has 1 N–H and O–H groups in total. The molecule has 0 radical (unpaired) electrons. The molecule has 4 heteroatoms. The van der Waals surface area contributed by atoms with Gasteiger partial charge in [0.2, 0.25) is 5.76 Å². The molecular formula is C11H15NO3. The highest BCUT2D eigenvalue weighted by atomic mass is 16.4. The molecule has 0 saturated heterocycles. The third-order valence-electron chi connectivity index (χ3n) is 2.03. The SMILES string of the molecule is C=CCN(c1ccc(C(=O)O)o1)C(C)C. The summed E-state index contributed by atoms with van der Waals surface area (Å²) in [5.74, 6) is -0.537. The number of carbonyl (C=O) groups is 1. The summed E-state index contributed by atoms with van der Waals surface area (Å²) in [6.45, 7) is 8.29. The molecule has 0 atom stereocenters. The van der Waals surface area contributed by atoms with Crippen molar-refractivity contribution in [2.75, 3.05) is 11.4 Å². The molecule has 1 heterocycles. The van der Waals surface area contributed by atoms with Gasteiger partial charge >= 0.3 is 5.97 Å². The summed E-state index contributed by atoms with van der Waals surface area (Å²) in [6, 6.07) is 3.35. The first kappa shape index (κ1) is 11.4. The van der Waals surface area contributed by atoms with Crippen LogP contribution < -0.4 is 4.90 Å². The second kappa shape index (κ2) is 4.68. The Kier molecular flexibility index (Phi) is 3.55. The first-order valence-electron chi connectivity index (χ1n) is 4.77. The molecule has 0 unspecified atom stereocenters. The summed E-state index contributed by atoms with van der Waals surface area (Å²) in [4.78, 5) is 12.6. The first-order valence-corrected chi connectivity index (χ1v) is 4.77. The van der Waals surface area contributed by atoms with Gasteiger partial charge in [0.1, 0.15) is 0 Å². The Balaban J connectivity index is 2.91. The lowest BCUT2D eigenvalue weighted by Crippen LogP contribution is -2.30. The zero-order valence-electron chi connectivity index (χ0n) is 8.93. The van der Waals surface area contributed by atoms with Crippen molar-refractivity contribution in [2.24, 2.45) is 0 Å². The van der Waals surface area contributed by atoms with Crippen LogP contribution >= 0.6 is 0 Å². The maximum atomic E-state index is 10.6. The van der Waals surface area contributed by atoms with Gasteiger partial charge < -0.3 is 14.4 Å². The van der Waals surface area contributed by atoms with Gasteiger partial charge in [-0.1, -0.05) is 6.08 Å². The van der Waals surface area contributed by atoms with E-state index in [0.717, 1.165) is 0 Å². The van der Waals surface area contributed by atoms with Crippen LogP contribution in [-0.4, -0.2) is 23.7 Å². The average molecular weight is 209 g/mol. The molecule has 0 bridgehead atoms. The summed E-state index contributed by atoms with van der Waals surface area (Å²) < 4.78 is 5.20. The Hall–Kier alpha value is -1.71. The largest absolute Gasteiger partial charge is 0.475 e. The van der Waals surface area contributed by atoms with Crippen molar-refractivity contribution < 1.29 is 14.3 Å². The van der Waals surface area contributed by atoms with Crippen LogP contribution in [0.4, 0.5) is 5.88 Å². The van der Waals surface area contributed by atoms with E-state index in [1.165, 1.54) is 6.07 Å². The van der Waals surface area contributed by atoms with Crippen molar-refractivity contribution in [3.63, 3.8) is 0 Å². The van der Waals surface area contributed by atoms with E-state index in [1.807, 2.05) is 18.7 Å². The molecule has 0 spiro atoms. The second-order valence-electron chi connectivity index (χ2n) is 3.48. The highest BCUT2D eigenvalue weighted by molar-refractivity contribution is 5.84. The number of aromatic carboxylic acids is 1. The lowest BCUT2D eigenvalue weighted by Gasteiger charge is -2.24. The van der Waals surface area contributed by atoms with Gasteiger partial charge in [0.25, 0.3) is 0 Å². The van der Waals surface area contributed by atoms with E-state index in [1.54, 1.807) is 12.1 Å². The monoisotopic (exact) mass is 209 g/mol. The molecule has 0 aliphatic carbocycles. The molecule has 1 aromatic rings. The number of hydrogen-bond acceptors (Lipinski definition) is 3. The topological polar surface area (TPSA) is 53.7 Å². The lowest BCUT2D eigenvalue weighted by atomic mass is 10.3. The summed E-state index contributed by atoms with van der Waals surface area (Å²) in [5.41, 5.74) is 0. The van der Waals surface area contributed by atoms with Crippen LogP contribution in [0, 0.1) is 0 Å². The van der Waals surface area contributed by atoms with Crippen molar-refractivity contribution in [3.05, 3.63) is 30.5 Å². The van der Waals surface area contributed by atoms with E-state index in [9.17, 15) is 4.79 Å². The van der Waals surface area contributed by atoms with Crippen LogP contribution in [-0.2, 0) is 0 Å². The molecule has 0 aliphatic rings. The molecule has 0 fully saturated rings. The number of anilines is 1. The lowest BCUT2D eigenvalue weighted by molar-refractivity contribution is 0.0663. The molecular weight excluding hydrogens is 194 g/mol. The smallest absolute Gasteiger partial charge is 0.371 e. The van der Waals surface area contributed by atoms with Crippen LogP contribution in [0.15, 0.2) is 29.2 Å². The fourth-order valence-corrected chi connectivity index (χ4v) is 1.29. The number of rotatable bonds is 5. The average Bonchev–Trinajstić information content (AvgIpc) is 2.62. The molecule has 0 aromatic carbocycles. The van der Waals surface area contributed by atoms with Gasteiger partial charge in [-0.05, 0) is 19.9 Å². The Bertz CT molecular complexity index is 354. The Labute approximate surface area is 88.8 Å². The van der Waals surface area contributed by atoms with Gasteiger partial charge in [-0.3, -0.25) is 0 Å². The quantitative estimate of drug-likeness (QED) is 0.756. The summed E-state index contributed by atoms with van der Waals surface area (Å²) in [7, 11) is 0. The molecule has 15 heavy (non-hydrogen) atoms. The summed E-state index contributed by atoms with van der Waals surface area (Å²) >= 11 is 0. The normalized spacial score (nSPS) is 10.3. The second-order valence-corrected chi connectivity index (χ2v) is 3.48. The maximum absolute atomic E-state index is 10.6. The highest BCUT2D eigenvalue weighted by Gasteiger charge is 2.15. The minimum absolute atomic E-state index is 0.0419. The Morgan fingerprint density at radius 2 is 2.33 bits per heavy atom. The van der Waals surface area contributed by atoms with Crippen LogP contribution in [0.2, 0.25) is 0 Å². The number of carboxylic acid groups (broad SMARTS) is 1. The van der Waals surface area contributed by atoms with E-state index >= 15 is 0 Å². The number of nitrogens with zero attached hydrogens (tertiary/aromatic N) is 1. The van der Waals surface area contributed by atoms with Crippen molar-refractivity contribution in [1.82, 2.24) is 0 Å². The van der Waals surface area contributed by atoms with Gasteiger partial charge in [0.05, 0.1) is 0 Å². The third-order valence-corrected chi connectivity index (χ3v) is 2.03. The fourth-order valence-electron chi connectivity index (χ4n) is 1.29. The standard InChI is InChI=1S/C11H15NO3/c1-4-7-12(8(2)3)10-6-5-9(15-10)11(13)14/h4-6,8H,1,7H2,2-3H3,(H,13,14). The van der Waals surface area contributed by atoms with Crippen molar-refractivity contribution in [2.45, 2.75) is 19.9 Å². The van der Waals surface area contributed by atoms with Crippen molar-refractivity contribution in [1.29, 1.82) is 0 Å². The molecule has 4 nitrogen and oxygen atoms in total. The summed E-state index contributed by atoms with van der Waals surface area (Å²) in [6.07, 6.45) is 1.75. The zero-order chi connectivity index (χ0) is 11.4. The van der Waals surface area contributed by atoms with Gasteiger partial charge in [-0.15, -0.1) is 6.58 Å². The maximum Gasteiger partial charge on any atom is 0.371 e. The summed E-state index contributed by atoms with van der Waals surface area (Å²) in [5, 5.41) is 8.72. The van der Waals surface area contributed by atoms with Crippen LogP contribution in [0.25, 0.3) is 0 Å². The Morgan fingerprint density at radius 1 is 1.67 bits per heavy atom. The Morgan fingerprint density at radius 3 is 2.73 bits per heavy atom. The minimum atomic E-state index is -1.05. The number of furan rings is 1. The molecule has 82 valence electrons. The van der Waals surface area contributed by atoms with E-state index in [4.69, 9.17) is 9.52 Å². The first-order chi connectivity index (χ1) is 7.06. The fraction of sp³-hybridized carbons (Fsp3) is 0.364. The van der Waals surface area contributed by atoms with Gasteiger partial charge in [0, 0.05) is 18.7 Å². The van der Waals surface area contributed by atoms with Crippen LogP contribution in [0.5, 0.6) is 0 Å². The highest BCUT2D eigenvalue weighted by Crippen LogP contribution is 2.20. The number of hydrogen-bond donors (Lipinski definition) is 1. The van der Waals surface area contributed by atoms with Gasteiger partial charge in [0.15, 0.2) is 5.88 Å². The molecule has 0 aliphatic heterocycles. The van der Waals surface area contributed by atoms with Gasteiger partial charge in [-0.25, -0.2) is 4.79 Å². The van der Waals surface area contributed by atoms with E-state index in [0.29, 0.717) is 12.4 Å². The number of carboxylic acids is 1. The molecule has 0 amide bonds. The zero-order valence-corrected chi connectivity index (χ0v) is 8.93. The third kappa shape index (κ3) is 2.62. The predicted molar refractivity (Wildman–Crippen MR) is 58.3 cm³/mol. The van der Waals surface area contributed by atoms with E-state index < -0.39 is 5.97 Å². The molecule has 1 aromatic heterocycles. The van der Waals surface area contributed by atoms with Crippen LogP contribution in [0.1, 0.15) is 24.4 Å². The van der Waals surface area contributed by atoms with Crippen LogP contribution in [0.3, 0.4) is 0 Å². The van der Waals surface area contributed by atoms with E-state index in [-0.39, 0.29) is 11.8 Å². The predicted octanol–water partition coefficient (Wildman–Crippen LogP) is 2.38. The molecule has 1 rings (SSSR count). The molecule has 0 saturated carbocycles. The minimum Gasteiger partial charge on any atom is -0.475 e. The van der Waals surface area contributed by atoms with Crippen molar-refractivity contribution in [3.8, 4) is 0 Å². The van der Waals surface area contributed by atoms with Crippen molar-refractivity contribution >= 4 is 11.9 Å². The van der Waals surface area contributed by atoms with E-state index in [2.05, 4.69) is 6.58 Å².